The molecule has 20 heavy (non-hydrogen) atoms. The molecular weight excluding hydrogens is 248 g/mol. The monoisotopic (exact) mass is 276 g/mol. The van der Waals surface area contributed by atoms with Gasteiger partial charge in [-0.1, -0.05) is 27.2 Å². The Hall–Kier alpha value is -1.09. The van der Waals surface area contributed by atoms with Gasteiger partial charge in [-0.25, -0.2) is 4.98 Å². The summed E-state index contributed by atoms with van der Waals surface area (Å²) in [4.78, 5) is 4.67. The van der Waals surface area contributed by atoms with Crippen molar-refractivity contribution < 1.29 is 4.74 Å². The molecule has 112 valence electrons. The van der Waals surface area contributed by atoms with Crippen LogP contribution in [0.25, 0.3) is 0 Å². The second-order valence-corrected chi connectivity index (χ2v) is 6.21. The zero-order chi connectivity index (χ0) is 14.5. The van der Waals surface area contributed by atoms with Gasteiger partial charge in [0.25, 0.3) is 0 Å². The van der Waals surface area contributed by atoms with Crippen molar-refractivity contribution in [1.82, 2.24) is 4.98 Å². The van der Waals surface area contributed by atoms with Crippen LogP contribution in [0.15, 0.2) is 12.1 Å². The summed E-state index contributed by atoms with van der Waals surface area (Å²) >= 11 is 0. The maximum atomic E-state index is 6.23. The van der Waals surface area contributed by atoms with Crippen LogP contribution in [0, 0.1) is 5.92 Å². The van der Waals surface area contributed by atoms with Crippen LogP contribution in [0.1, 0.15) is 70.1 Å². The second-order valence-electron chi connectivity index (χ2n) is 6.21. The van der Waals surface area contributed by atoms with E-state index in [9.17, 15) is 0 Å². The topological polar surface area (TPSA) is 48.1 Å². The molecule has 3 heteroatoms. The SMILES string of the molecule is CCC1CCCCC1Oc1cc(CN)cc(C(C)C)n1. The first-order valence-corrected chi connectivity index (χ1v) is 8.01. The predicted octanol–water partition coefficient (Wildman–Crippen LogP) is 4.01. The van der Waals surface area contributed by atoms with Gasteiger partial charge in [0.2, 0.25) is 5.88 Å². The van der Waals surface area contributed by atoms with Crippen LogP contribution >= 0.6 is 0 Å². The lowest BCUT2D eigenvalue weighted by Crippen LogP contribution is -2.30. The Morgan fingerprint density at radius 3 is 2.70 bits per heavy atom. The molecule has 0 aliphatic heterocycles. The van der Waals surface area contributed by atoms with E-state index in [1.807, 2.05) is 6.07 Å². The minimum Gasteiger partial charge on any atom is -0.474 e. The summed E-state index contributed by atoms with van der Waals surface area (Å²) < 4.78 is 6.23. The molecule has 0 aromatic carbocycles. The quantitative estimate of drug-likeness (QED) is 0.884. The number of pyridine rings is 1. The highest BCUT2D eigenvalue weighted by atomic mass is 16.5. The van der Waals surface area contributed by atoms with Gasteiger partial charge >= 0.3 is 0 Å². The van der Waals surface area contributed by atoms with E-state index in [0.717, 1.165) is 23.6 Å². The molecule has 2 unspecified atom stereocenters. The number of nitrogens with two attached hydrogens (primary N) is 1. The minimum atomic E-state index is 0.328. The second kappa shape index (κ2) is 7.07. The first-order valence-electron chi connectivity index (χ1n) is 8.01. The molecule has 3 nitrogen and oxygen atoms in total. The van der Waals surface area contributed by atoms with Crippen molar-refractivity contribution in [2.45, 2.75) is 71.4 Å². The fourth-order valence-electron chi connectivity index (χ4n) is 3.01. The third-order valence-corrected chi connectivity index (χ3v) is 4.34. The van der Waals surface area contributed by atoms with Crippen LogP contribution in [0.4, 0.5) is 0 Å². The predicted molar refractivity (Wildman–Crippen MR) is 82.9 cm³/mol. The average molecular weight is 276 g/mol. The van der Waals surface area contributed by atoms with Crippen molar-refractivity contribution in [3.8, 4) is 5.88 Å². The molecule has 1 aliphatic rings. The minimum absolute atomic E-state index is 0.328. The van der Waals surface area contributed by atoms with E-state index in [1.54, 1.807) is 0 Å². The van der Waals surface area contributed by atoms with E-state index < -0.39 is 0 Å². The van der Waals surface area contributed by atoms with Gasteiger partial charge in [-0.2, -0.15) is 0 Å². The standard InChI is InChI=1S/C17H28N2O/c1-4-14-7-5-6-8-16(14)20-17-10-13(11-18)9-15(19-17)12(2)3/h9-10,12,14,16H,4-8,11,18H2,1-3H3. The highest BCUT2D eigenvalue weighted by Crippen LogP contribution is 2.30. The van der Waals surface area contributed by atoms with Crippen LogP contribution in [0.5, 0.6) is 5.88 Å². The Bertz CT molecular complexity index is 431. The molecule has 2 rings (SSSR count). The Kier molecular flexibility index (Phi) is 5.41. The van der Waals surface area contributed by atoms with E-state index in [0.29, 0.717) is 24.5 Å². The van der Waals surface area contributed by atoms with Gasteiger partial charge in [0.15, 0.2) is 0 Å². The van der Waals surface area contributed by atoms with Crippen LogP contribution in [0.3, 0.4) is 0 Å². The number of rotatable bonds is 5. The summed E-state index contributed by atoms with van der Waals surface area (Å²) in [6.07, 6.45) is 6.58. The molecule has 0 amide bonds. The number of aromatic nitrogens is 1. The van der Waals surface area contributed by atoms with Crippen molar-refractivity contribution in [2.24, 2.45) is 11.7 Å². The lowest BCUT2D eigenvalue weighted by Gasteiger charge is -2.31. The van der Waals surface area contributed by atoms with Crippen molar-refractivity contribution in [3.63, 3.8) is 0 Å². The number of nitrogens with zero attached hydrogens (tertiary/aromatic N) is 1. The molecule has 1 aliphatic carbocycles. The van der Waals surface area contributed by atoms with Gasteiger partial charge in [-0.3, -0.25) is 0 Å². The van der Waals surface area contributed by atoms with E-state index >= 15 is 0 Å². The summed E-state index contributed by atoms with van der Waals surface area (Å²) in [6.45, 7) is 7.11. The normalized spacial score (nSPS) is 23.1. The van der Waals surface area contributed by atoms with E-state index in [4.69, 9.17) is 10.5 Å². The van der Waals surface area contributed by atoms with Gasteiger partial charge in [0.05, 0.1) is 0 Å². The maximum Gasteiger partial charge on any atom is 0.214 e. The molecular formula is C17H28N2O. The highest BCUT2D eigenvalue weighted by Gasteiger charge is 2.25. The van der Waals surface area contributed by atoms with Gasteiger partial charge in [-0.05, 0) is 49.1 Å². The Morgan fingerprint density at radius 1 is 1.30 bits per heavy atom. The van der Waals surface area contributed by atoms with E-state index in [-0.39, 0.29) is 0 Å². The van der Waals surface area contributed by atoms with Gasteiger partial charge in [0.1, 0.15) is 6.10 Å². The van der Waals surface area contributed by atoms with Crippen molar-refractivity contribution in [3.05, 3.63) is 23.4 Å². The zero-order valence-electron chi connectivity index (χ0n) is 13.1. The van der Waals surface area contributed by atoms with Crippen LogP contribution in [0.2, 0.25) is 0 Å². The average Bonchev–Trinajstić information content (AvgIpc) is 2.47. The molecule has 1 aromatic rings. The molecule has 1 heterocycles. The van der Waals surface area contributed by atoms with Gasteiger partial charge in [-0.15, -0.1) is 0 Å². The highest BCUT2D eigenvalue weighted by molar-refractivity contribution is 5.26. The molecule has 0 spiro atoms. The number of ether oxygens (including phenoxy) is 1. The Labute approximate surface area is 122 Å². The first-order chi connectivity index (χ1) is 9.63. The fraction of sp³-hybridized carbons (Fsp3) is 0.706. The van der Waals surface area contributed by atoms with Crippen LogP contribution in [-0.4, -0.2) is 11.1 Å². The summed E-state index contributed by atoms with van der Waals surface area (Å²) in [5, 5.41) is 0. The summed E-state index contributed by atoms with van der Waals surface area (Å²) in [5.74, 6) is 1.84. The van der Waals surface area contributed by atoms with Crippen LogP contribution < -0.4 is 10.5 Å². The summed E-state index contributed by atoms with van der Waals surface area (Å²) in [7, 11) is 0. The van der Waals surface area contributed by atoms with Crippen LogP contribution in [-0.2, 0) is 6.54 Å². The summed E-state index contributed by atoms with van der Waals surface area (Å²) in [6, 6.07) is 4.10. The first kappa shape index (κ1) is 15.3. The van der Waals surface area contributed by atoms with E-state index in [1.165, 1.54) is 25.7 Å². The van der Waals surface area contributed by atoms with Crippen molar-refractivity contribution >= 4 is 0 Å². The molecule has 1 saturated carbocycles. The molecule has 0 saturated heterocycles. The third-order valence-electron chi connectivity index (χ3n) is 4.34. The largest absolute Gasteiger partial charge is 0.474 e. The number of hydrogen-bond donors (Lipinski definition) is 1. The van der Waals surface area contributed by atoms with E-state index in [2.05, 4.69) is 31.8 Å². The molecule has 2 atom stereocenters. The third kappa shape index (κ3) is 3.72. The molecule has 1 fully saturated rings. The molecule has 0 radical (unpaired) electrons. The van der Waals surface area contributed by atoms with Crippen molar-refractivity contribution in [1.29, 1.82) is 0 Å². The molecule has 2 N–H and O–H groups in total. The Balaban J connectivity index is 2.16. The lowest BCUT2D eigenvalue weighted by molar-refractivity contribution is 0.0855. The molecule has 0 bridgehead atoms. The fourth-order valence-corrected chi connectivity index (χ4v) is 3.01. The smallest absolute Gasteiger partial charge is 0.214 e. The Morgan fingerprint density at radius 2 is 2.05 bits per heavy atom. The number of hydrogen-bond acceptors (Lipinski definition) is 3. The van der Waals surface area contributed by atoms with Crippen molar-refractivity contribution in [2.75, 3.05) is 0 Å². The maximum absolute atomic E-state index is 6.23. The zero-order valence-corrected chi connectivity index (χ0v) is 13.1. The lowest BCUT2D eigenvalue weighted by atomic mass is 9.85. The molecule has 1 aromatic heterocycles. The summed E-state index contributed by atoms with van der Waals surface area (Å²) in [5.41, 5.74) is 7.98. The van der Waals surface area contributed by atoms with Gasteiger partial charge < -0.3 is 10.5 Å². The van der Waals surface area contributed by atoms with Gasteiger partial charge in [0, 0.05) is 18.3 Å².